The van der Waals surface area contributed by atoms with Gasteiger partial charge in [-0.25, -0.2) is 0 Å². The Labute approximate surface area is 110 Å². The van der Waals surface area contributed by atoms with Gasteiger partial charge in [-0.1, -0.05) is 23.8 Å². The second-order valence-electron chi connectivity index (χ2n) is 3.60. The highest BCUT2D eigenvalue weighted by Gasteiger charge is 2.15. The molecule has 0 saturated carbocycles. The Hall–Kier alpha value is -1.33. The first-order valence-corrected chi connectivity index (χ1v) is 5.72. The first-order chi connectivity index (χ1) is 7.91. The van der Waals surface area contributed by atoms with Crippen molar-refractivity contribution in [1.82, 2.24) is 4.90 Å². The van der Waals surface area contributed by atoms with Gasteiger partial charge in [0.1, 0.15) is 5.75 Å². The molecule has 3 N–H and O–H groups in total. The molecule has 0 aliphatic carbocycles. The van der Waals surface area contributed by atoms with Crippen molar-refractivity contribution in [2.24, 2.45) is 5.73 Å². The number of hydrogen-bond donors (Lipinski definition) is 2. The van der Waals surface area contributed by atoms with Crippen molar-refractivity contribution in [1.29, 1.82) is 0 Å². The molecule has 0 aliphatic rings. The van der Waals surface area contributed by atoms with Crippen LogP contribution in [0.25, 0.3) is 0 Å². The van der Waals surface area contributed by atoms with Gasteiger partial charge >= 0.3 is 0 Å². The minimum absolute atomic E-state index is 0.135. The van der Waals surface area contributed by atoms with Crippen LogP contribution in [0.1, 0.15) is 16.8 Å². The van der Waals surface area contributed by atoms with Crippen molar-refractivity contribution in [3.05, 3.63) is 28.8 Å². The van der Waals surface area contributed by atoms with Gasteiger partial charge < -0.3 is 15.7 Å². The van der Waals surface area contributed by atoms with Crippen LogP contribution >= 0.6 is 23.8 Å². The van der Waals surface area contributed by atoms with E-state index in [1.54, 1.807) is 13.1 Å². The van der Waals surface area contributed by atoms with E-state index in [1.165, 1.54) is 17.0 Å². The topological polar surface area (TPSA) is 66.6 Å². The van der Waals surface area contributed by atoms with Crippen LogP contribution in [-0.2, 0) is 0 Å². The predicted molar refractivity (Wildman–Crippen MR) is 71.5 cm³/mol. The van der Waals surface area contributed by atoms with Crippen LogP contribution in [0.3, 0.4) is 0 Å². The van der Waals surface area contributed by atoms with Crippen molar-refractivity contribution >= 4 is 34.7 Å². The van der Waals surface area contributed by atoms with Crippen molar-refractivity contribution < 1.29 is 9.90 Å². The summed E-state index contributed by atoms with van der Waals surface area (Å²) in [7, 11) is 1.62. The van der Waals surface area contributed by atoms with Gasteiger partial charge in [-0.15, -0.1) is 0 Å². The molecule has 1 aromatic carbocycles. The fourth-order valence-corrected chi connectivity index (χ4v) is 1.53. The van der Waals surface area contributed by atoms with Crippen LogP contribution in [-0.4, -0.2) is 34.5 Å². The number of nitrogens with zero attached hydrogens (tertiary/aromatic N) is 1. The molecule has 1 aromatic rings. The normalized spacial score (nSPS) is 10.0. The molecule has 1 rings (SSSR count). The molecule has 0 spiro atoms. The molecule has 17 heavy (non-hydrogen) atoms. The van der Waals surface area contributed by atoms with E-state index in [-0.39, 0.29) is 17.2 Å². The number of rotatable bonds is 4. The number of amides is 1. The minimum Gasteiger partial charge on any atom is -0.507 e. The van der Waals surface area contributed by atoms with Crippen LogP contribution in [0.15, 0.2) is 18.2 Å². The standard InChI is InChI=1S/C11H13ClN2O2S/c1-14(5-4-10(13)17)11(16)8-3-2-7(12)6-9(8)15/h2-3,6,15H,4-5H2,1H3,(H2,13,17). The van der Waals surface area contributed by atoms with Crippen molar-refractivity contribution in [2.45, 2.75) is 6.42 Å². The number of hydrogen-bond acceptors (Lipinski definition) is 3. The van der Waals surface area contributed by atoms with Crippen LogP contribution < -0.4 is 5.73 Å². The number of phenolic OH excluding ortho intramolecular Hbond substituents is 1. The van der Waals surface area contributed by atoms with Gasteiger partial charge in [0.15, 0.2) is 0 Å². The maximum absolute atomic E-state index is 11.9. The Kier molecular flexibility index (Phi) is 4.72. The van der Waals surface area contributed by atoms with Gasteiger partial charge in [-0.2, -0.15) is 0 Å². The summed E-state index contributed by atoms with van der Waals surface area (Å²) >= 11 is 10.4. The number of benzene rings is 1. The van der Waals surface area contributed by atoms with Crippen LogP contribution in [0.2, 0.25) is 5.02 Å². The predicted octanol–water partition coefficient (Wildman–Crippen LogP) is 1.79. The molecule has 6 heteroatoms. The summed E-state index contributed by atoms with van der Waals surface area (Å²) < 4.78 is 0. The van der Waals surface area contributed by atoms with Crippen LogP contribution in [0.4, 0.5) is 0 Å². The lowest BCUT2D eigenvalue weighted by Crippen LogP contribution is -2.30. The minimum atomic E-state index is -0.296. The number of nitrogens with two attached hydrogens (primary N) is 1. The van der Waals surface area contributed by atoms with E-state index in [9.17, 15) is 9.90 Å². The van der Waals surface area contributed by atoms with Crippen LogP contribution in [0, 0.1) is 0 Å². The number of aromatic hydroxyl groups is 1. The zero-order valence-electron chi connectivity index (χ0n) is 9.31. The molecule has 0 bridgehead atoms. The summed E-state index contributed by atoms with van der Waals surface area (Å²) in [5.41, 5.74) is 5.56. The monoisotopic (exact) mass is 272 g/mol. The molecule has 1 amide bonds. The van der Waals surface area contributed by atoms with Gasteiger partial charge in [0.05, 0.1) is 10.6 Å². The van der Waals surface area contributed by atoms with E-state index in [0.29, 0.717) is 23.0 Å². The van der Waals surface area contributed by atoms with Gasteiger partial charge in [0.2, 0.25) is 0 Å². The summed E-state index contributed by atoms with van der Waals surface area (Å²) in [4.78, 5) is 13.7. The smallest absolute Gasteiger partial charge is 0.257 e. The average molecular weight is 273 g/mol. The maximum atomic E-state index is 11.9. The van der Waals surface area contributed by atoms with Crippen molar-refractivity contribution in [3.8, 4) is 5.75 Å². The molecule has 0 atom stereocenters. The number of carbonyl (C=O) groups excluding carboxylic acids is 1. The first kappa shape index (κ1) is 13.7. The largest absolute Gasteiger partial charge is 0.507 e. The lowest BCUT2D eigenvalue weighted by Gasteiger charge is -2.17. The highest BCUT2D eigenvalue weighted by molar-refractivity contribution is 7.80. The summed E-state index contributed by atoms with van der Waals surface area (Å²) in [6.07, 6.45) is 0.450. The average Bonchev–Trinajstić information content (AvgIpc) is 2.25. The third kappa shape index (κ3) is 3.87. The van der Waals surface area contributed by atoms with Gasteiger partial charge in [0, 0.05) is 25.0 Å². The highest BCUT2D eigenvalue weighted by atomic mass is 35.5. The maximum Gasteiger partial charge on any atom is 0.257 e. The molecule has 0 radical (unpaired) electrons. The van der Waals surface area contributed by atoms with Gasteiger partial charge in [-0.3, -0.25) is 4.79 Å². The van der Waals surface area contributed by atoms with E-state index < -0.39 is 0 Å². The molecule has 4 nitrogen and oxygen atoms in total. The SMILES string of the molecule is CN(CCC(N)=S)C(=O)c1ccc(Cl)cc1O. The summed E-state index contributed by atoms with van der Waals surface area (Å²) in [6.45, 7) is 0.413. The zero-order valence-corrected chi connectivity index (χ0v) is 10.9. The first-order valence-electron chi connectivity index (χ1n) is 4.94. The van der Waals surface area contributed by atoms with Gasteiger partial charge in [0.25, 0.3) is 5.91 Å². The number of carbonyl (C=O) groups is 1. The van der Waals surface area contributed by atoms with Crippen molar-refractivity contribution in [3.63, 3.8) is 0 Å². The molecule has 0 fully saturated rings. The fraction of sp³-hybridized carbons (Fsp3) is 0.273. The Morgan fingerprint density at radius 2 is 2.24 bits per heavy atom. The van der Waals surface area contributed by atoms with Crippen LogP contribution in [0.5, 0.6) is 5.75 Å². The molecular formula is C11H13ClN2O2S. The highest BCUT2D eigenvalue weighted by Crippen LogP contribution is 2.22. The van der Waals surface area contributed by atoms with E-state index in [2.05, 4.69) is 0 Å². The summed E-state index contributed by atoms with van der Waals surface area (Å²) in [5.74, 6) is -0.430. The molecule has 0 unspecified atom stereocenters. The Morgan fingerprint density at radius 1 is 1.59 bits per heavy atom. The Morgan fingerprint density at radius 3 is 2.76 bits per heavy atom. The summed E-state index contributed by atoms with van der Waals surface area (Å²) in [5, 5.41) is 9.99. The molecule has 0 heterocycles. The quantitative estimate of drug-likeness (QED) is 0.820. The number of thiocarbonyl (C=S) groups is 1. The Bertz CT molecular complexity index is 451. The molecule has 0 aliphatic heterocycles. The number of phenols is 1. The molecule has 0 saturated heterocycles. The fourth-order valence-electron chi connectivity index (χ4n) is 1.27. The lowest BCUT2D eigenvalue weighted by atomic mass is 10.1. The lowest BCUT2D eigenvalue weighted by molar-refractivity contribution is 0.0796. The van der Waals surface area contributed by atoms with Gasteiger partial charge in [-0.05, 0) is 18.2 Å². The van der Waals surface area contributed by atoms with E-state index in [1.807, 2.05) is 0 Å². The Balaban J connectivity index is 2.78. The van der Waals surface area contributed by atoms with Crippen molar-refractivity contribution in [2.75, 3.05) is 13.6 Å². The second-order valence-corrected chi connectivity index (χ2v) is 4.57. The number of halogens is 1. The molecular weight excluding hydrogens is 260 g/mol. The van der Waals surface area contributed by atoms with E-state index in [4.69, 9.17) is 29.6 Å². The molecule has 92 valence electrons. The van der Waals surface area contributed by atoms with E-state index in [0.717, 1.165) is 0 Å². The third-order valence-electron chi connectivity index (χ3n) is 2.23. The third-order valence-corrected chi connectivity index (χ3v) is 2.67. The second kappa shape index (κ2) is 5.84. The molecule has 0 aromatic heterocycles. The summed E-state index contributed by atoms with van der Waals surface area (Å²) in [6, 6.07) is 4.36. The van der Waals surface area contributed by atoms with E-state index >= 15 is 0 Å². The zero-order chi connectivity index (χ0) is 13.0.